The number of hydrogen-bond acceptors (Lipinski definition) is 3. The quantitative estimate of drug-likeness (QED) is 0.803. The smallest absolute Gasteiger partial charge is 0.268 e. The number of aromatic nitrogens is 2. The number of benzene rings is 1. The molecular weight excluding hydrogens is 332 g/mol. The highest BCUT2D eigenvalue weighted by molar-refractivity contribution is 9.10. The Hall–Kier alpha value is -1.75. The summed E-state index contributed by atoms with van der Waals surface area (Å²) in [6.45, 7) is 1.75. The van der Waals surface area contributed by atoms with Crippen molar-refractivity contribution in [1.82, 2.24) is 9.55 Å². The zero-order valence-corrected chi connectivity index (χ0v) is 13.3. The number of fused-ring (bicyclic) bond motifs is 1. The molecule has 2 aromatic rings. The fraction of sp³-hybridized carbons (Fsp3) is 0.312. The lowest BCUT2D eigenvalue weighted by atomic mass is 10.0. The van der Waals surface area contributed by atoms with E-state index in [9.17, 15) is 9.59 Å². The summed E-state index contributed by atoms with van der Waals surface area (Å²) in [7, 11) is 0. The first-order valence-corrected chi connectivity index (χ1v) is 7.72. The van der Waals surface area contributed by atoms with E-state index in [1.165, 1.54) is 21.9 Å². The minimum absolute atomic E-state index is 0.0237. The largest absolute Gasteiger partial charge is 0.292 e. The van der Waals surface area contributed by atoms with Crippen molar-refractivity contribution >= 4 is 21.7 Å². The first-order valence-electron chi connectivity index (χ1n) is 6.93. The van der Waals surface area contributed by atoms with Crippen molar-refractivity contribution in [3.8, 4) is 0 Å². The van der Waals surface area contributed by atoms with Gasteiger partial charge in [0, 0.05) is 11.8 Å². The van der Waals surface area contributed by atoms with Crippen LogP contribution in [0.15, 0.2) is 33.7 Å². The molecule has 108 valence electrons. The van der Waals surface area contributed by atoms with E-state index in [1.807, 2.05) is 18.2 Å². The summed E-state index contributed by atoms with van der Waals surface area (Å²) >= 11 is 3.16. The number of rotatable bonds is 3. The fourth-order valence-electron chi connectivity index (χ4n) is 2.72. The van der Waals surface area contributed by atoms with Crippen LogP contribution in [0.25, 0.3) is 0 Å². The van der Waals surface area contributed by atoms with Gasteiger partial charge in [-0.15, -0.1) is 0 Å². The van der Waals surface area contributed by atoms with Gasteiger partial charge < -0.3 is 0 Å². The third-order valence-corrected chi connectivity index (χ3v) is 4.47. The van der Waals surface area contributed by atoms with E-state index in [-0.39, 0.29) is 17.9 Å². The Morgan fingerprint density at radius 3 is 2.90 bits per heavy atom. The molecule has 3 rings (SSSR count). The van der Waals surface area contributed by atoms with Crippen LogP contribution in [0.5, 0.6) is 0 Å². The molecule has 0 N–H and O–H groups in total. The van der Waals surface area contributed by atoms with Gasteiger partial charge in [-0.3, -0.25) is 14.2 Å². The number of Topliss-reactive ketones (excluding diaryl/α,β-unsaturated/α-hetero) is 1. The van der Waals surface area contributed by atoms with Crippen molar-refractivity contribution in [2.24, 2.45) is 0 Å². The summed E-state index contributed by atoms with van der Waals surface area (Å²) in [4.78, 5) is 28.6. The molecule has 0 spiro atoms. The molecule has 0 unspecified atom stereocenters. The number of aryl methyl sites for hydroxylation is 3. The van der Waals surface area contributed by atoms with Crippen LogP contribution in [-0.2, 0) is 19.4 Å². The maximum atomic E-state index is 12.4. The maximum Gasteiger partial charge on any atom is 0.268 e. The molecular formula is C16H15BrN2O2. The Bertz CT molecular complexity index is 780. The van der Waals surface area contributed by atoms with Gasteiger partial charge in [-0.2, -0.15) is 0 Å². The second-order valence-corrected chi connectivity index (χ2v) is 6.16. The molecule has 0 radical (unpaired) electrons. The van der Waals surface area contributed by atoms with Crippen molar-refractivity contribution in [3.05, 3.63) is 61.7 Å². The lowest BCUT2D eigenvalue weighted by Gasteiger charge is -2.09. The van der Waals surface area contributed by atoms with Crippen LogP contribution in [0, 0.1) is 6.92 Å². The van der Waals surface area contributed by atoms with Gasteiger partial charge in [0.25, 0.3) is 5.56 Å². The van der Waals surface area contributed by atoms with Gasteiger partial charge in [0.2, 0.25) is 0 Å². The third kappa shape index (κ3) is 2.70. The average Bonchev–Trinajstić information content (AvgIpc) is 2.94. The van der Waals surface area contributed by atoms with E-state index in [2.05, 4.69) is 20.9 Å². The highest BCUT2D eigenvalue weighted by atomic mass is 79.9. The van der Waals surface area contributed by atoms with Crippen LogP contribution in [0.2, 0.25) is 0 Å². The normalized spacial score (nSPS) is 13.2. The van der Waals surface area contributed by atoms with Gasteiger partial charge in [-0.05, 0) is 59.3 Å². The van der Waals surface area contributed by atoms with Crippen LogP contribution in [0.3, 0.4) is 0 Å². The SMILES string of the molecule is Cc1ncc(Br)c(=O)n1CC(=O)c1ccc2c(c1)CCC2. The summed E-state index contributed by atoms with van der Waals surface area (Å²) in [5.41, 5.74) is 3.04. The first-order chi connectivity index (χ1) is 10.1. The number of hydrogen-bond donors (Lipinski definition) is 0. The van der Waals surface area contributed by atoms with E-state index in [1.54, 1.807) is 6.92 Å². The van der Waals surface area contributed by atoms with Gasteiger partial charge in [0.05, 0.1) is 6.54 Å². The summed E-state index contributed by atoms with van der Waals surface area (Å²) < 4.78 is 1.77. The molecule has 21 heavy (non-hydrogen) atoms. The molecule has 0 atom stereocenters. The van der Waals surface area contributed by atoms with Crippen LogP contribution >= 0.6 is 15.9 Å². The topological polar surface area (TPSA) is 52.0 Å². The predicted molar refractivity (Wildman–Crippen MR) is 83.7 cm³/mol. The summed E-state index contributed by atoms with van der Waals surface area (Å²) in [6.07, 6.45) is 4.75. The second-order valence-electron chi connectivity index (χ2n) is 5.30. The number of carbonyl (C=O) groups excluding carboxylic acids is 1. The number of ketones is 1. The van der Waals surface area contributed by atoms with Crippen LogP contribution in [0.1, 0.15) is 33.7 Å². The van der Waals surface area contributed by atoms with Crippen molar-refractivity contribution in [3.63, 3.8) is 0 Å². The Kier molecular flexibility index (Phi) is 3.76. The molecule has 0 saturated heterocycles. The minimum Gasteiger partial charge on any atom is -0.292 e. The molecule has 1 heterocycles. The monoisotopic (exact) mass is 346 g/mol. The number of halogens is 1. The Balaban J connectivity index is 1.91. The molecule has 1 aromatic heterocycles. The van der Waals surface area contributed by atoms with Gasteiger partial charge in [-0.1, -0.05) is 12.1 Å². The average molecular weight is 347 g/mol. The summed E-state index contributed by atoms with van der Waals surface area (Å²) in [5, 5.41) is 0. The van der Waals surface area contributed by atoms with Crippen LogP contribution < -0.4 is 5.56 Å². The highest BCUT2D eigenvalue weighted by Gasteiger charge is 2.16. The second kappa shape index (κ2) is 5.56. The molecule has 0 aliphatic heterocycles. The molecule has 4 nitrogen and oxygen atoms in total. The molecule has 0 saturated carbocycles. The zero-order valence-electron chi connectivity index (χ0n) is 11.7. The molecule has 1 aliphatic carbocycles. The zero-order chi connectivity index (χ0) is 15.0. The summed E-state index contributed by atoms with van der Waals surface area (Å²) in [5.74, 6) is 0.479. The highest BCUT2D eigenvalue weighted by Crippen LogP contribution is 2.23. The van der Waals surface area contributed by atoms with E-state index in [0.29, 0.717) is 15.9 Å². The lowest BCUT2D eigenvalue weighted by Crippen LogP contribution is -2.27. The Morgan fingerprint density at radius 2 is 2.10 bits per heavy atom. The van der Waals surface area contributed by atoms with Crippen LogP contribution in [0.4, 0.5) is 0 Å². The summed E-state index contributed by atoms with van der Waals surface area (Å²) in [6, 6.07) is 5.86. The van der Waals surface area contributed by atoms with Crippen molar-refractivity contribution < 1.29 is 4.79 Å². The Labute approximate surface area is 131 Å². The van der Waals surface area contributed by atoms with E-state index < -0.39 is 0 Å². The van der Waals surface area contributed by atoms with Gasteiger partial charge >= 0.3 is 0 Å². The molecule has 0 amide bonds. The van der Waals surface area contributed by atoms with Gasteiger partial charge in [-0.25, -0.2) is 4.98 Å². The third-order valence-electron chi connectivity index (χ3n) is 3.93. The van der Waals surface area contributed by atoms with Crippen LogP contribution in [-0.4, -0.2) is 15.3 Å². The molecule has 5 heteroatoms. The minimum atomic E-state index is -0.225. The Morgan fingerprint density at radius 1 is 1.33 bits per heavy atom. The lowest BCUT2D eigenvalue weighted by molar-refractivity contribution is 0.0969. The van der Waals surface area contributed by atoms with Crippen molar-refractivity contribution in [2.45, 2.75) is 32.7 Å². The van der Waals surface area contributed by atoms with E-state index in [4.69, 9.17) is 0 Å². The van der Waals surface area contributed by atoms with Gasteiger partial charge in [0.1, 0.15) is 10.3 Å². The van der Waals surface area contributed by atoms with Crippen molar-refractivity contribution in [2.75, 3.05) is 0 Å². The van der Waals surface area contributed by atoms with Crippen molar-refractivity contribution in [1.29, 1.82) is 0 Å². The fourth-order valence-corrected chi connectivity index (χ4v) is 3.03. The molecule has 1 aromatic carbocycles. The molecule has 1 aliphatic rings. The molecule has 0 fully saturated rings. The maximum absolute atomic E-state index is 12.4. The van der Waals surface area contributed by atoms with Gasteiger partial charge in [0.15, 0.2) is 5.78 Å². The van der Waals surface area contributed by atoms with E-state index in [0.717, 1.165) is 19.3 Å². The molecule has 0 bridgehead atoms. The predicted octanol–water partition coefficient (Wildman–Crippen LogP) is 2.69. The number of carbonyl (C=O) groups is 1. The standard InChI is InChI=1S/C16H15BrN2O2/c1-10-18-8-14(17)16(21)19(10)9-15(20)13-6-5-11-3-2-4-12(11)7-13/h5-8H,2-4,9H2,1H3. The number of nitrogens with zero attached hydrogens (tertiary/aromatic N) is 2. The van der Waals surface area contributed by atoms with E-state index >= 15 is 0 Å². The first kappa shape index (κ1) is 14.2.